The summed E-state index contributed by atoms with van der Waals surface area (Å²) in [4.78, 5) is 24.4. The SMILES string of the molecule is Cc1ccc([N+](=O)[O-])cc1NC(=O)CCN1CCCC1CO. The van der Waals surface area contributed by atoms with Crippen LogP contribution in [-0.4, -0.2) is 46.6 Å². The number of non-ortho nitro benzene ring substituents is 1. The number of benzene rings is 1. The van der Waals surface area contributed by atoms with Gasteiger partial charge in [-0.2, -0.15) is 0 Å². The van der Waals surface area contributed by atoms with E-state index in [1.165, 1.54) is 12.1 Å². The van der Waals surface area contributed by atoms with Crippen molar-refractivity contribution in [2.45, 2.75) is 32.2 Å². The zero-order valence-corrected chi connectivity index (χ0v) is 12.6. The van der Waals surface area contributed by atoms with E-state index in [-0.39, 0.29) is 24.2 Å². The first-order valence-corrected chi connectivity index (χ1v) is 7.41. The third kappa shape index (κ3) is 4.02. The van der Waals surface area contributed by atoms with Gasteiger partial charge in [-0.05, 0) is 31.9 Å². The Morgan fingerprint density at radius 3 is 3.00 bits per heavy atom. The molecule has 0 bridgehead atoms. The molecule has 0 spiro atoms. The molecule has 7 nitrogen and oxygen atoms in total. The second-order valence-electron chi connectivity index (χ2n) is 5.57. The van der Waals surface area contributed by atoms with E-state index in [0.717, 1.165) is 24.9 Å². The summed E-state index contributed by atoms with van der Waals surface area (Å²) in [6.07, 6.45) is 2.30. The quantitative estimate of drug-likeness (QED) is 0.616. The number of nitro benzene ring substituents is 1. The van der Waals surface area contributed by atoms with Crippen molar-refractivity contribution >= 4 is 17.3 Å². The topological polar surface area (TPSA) is 95.7 Å². The number of aliphatic hydroxyl groups excluding tert-OH is 1. The van der Waals surface area contributed by atoms with Gasteiger partial charge in [-0.3, -0.25) is 19.8 Å². The number of hydrogen-bond donors (Lipinski definition) is 2. The van der Waals surface area contributed by atoms with E-state index < -0.39 is 4.92 Å². The molecule has 0 aromatic heterocycles. The van der Waals surface area contributed by atoms with E-state index in [1.807, 2.05) is 0 Å². The minimum atomic E-state index is -0.481. The van der Waals surface area contributed by atoms with Crippen molar-refractivity contribution < 1.29 is 14.8 Å². The molecule has 22 heavy (non-hydrogen) atoms. The fraction of sp³-hybridized carbons (Fsp3) is 0.533. The van der Waals surface area contributed by atoms with Gasteiger partial charge in [-0.15, -0.1) is 0 Å². The second-order valence-corrected chi connectivity index (χ2v) is 5.57. The van der Waals surface area contributed by atoms with Gasteiger partial charge in [0.1, 0.15) is 0 Å². The van der Waals surface area contributed by atoms with Crippen molar-refractivity contribution in [3.05, 3.63) is 33.9 Å². The van der Waals surface area contributed by atoms with Crippen LogP contribution >= 0.6 is 0 Å². The van der Waals surface area contributed by atoms with Crippen LogP contribution in [0.2, 0.25) is 0 Å². The fourth-order valence-electron chi connectivity index (χ4n) is 2.71. The number of hydrogen-bond acceptors (Lipinski definition) is 5. The van der Waals surface area contributed by atoms with Crippen molar-refractivity contribution in [1.82, 2.24) is 4.90 Å². The molecule has 1 aliphatic rings. The number of nitrogens with one attached hydrogen (secondary N) is 1. The molecule has 1 amide bonds. The largest absolute Gasteiger partial charge is 0.395 e. The number of likely N-dealkylation sites (tertiary alicyclic amines) is 1. The summed E-state index contributed by atoms with van der Waals surface area (Å²) < 4.78 is 0. The third-order valence-corrected chi connectivity index (χ3v) is 4.04. The number of aryl methyl sites for hydroxylation is 1. The zero-order valence-electron chi connectivity index (χ0n) is 12.6. The van der Waals surface area contributed by atoms with E-state index >= 15 is 0 Å². The molecule has 1 saturated heterocycles. The maximum atomic E-state index is 12.0. The molecule has 0 aliphatic carbocycles. The summed E-state index contributed by atoms with van der Waals surface area (Å²) in [5.41, 5.74) is 1.22. The summed E-state index contributed by atoms with van der Waals surface area (Å²) in [7, 11) is 0. The molecule has 0 radical (unpaired) electrons. The van der Waals surface area contributed by atoms with E-state index in [4.69, 9.17) is 0 Å². The highest BCUT2D eigenvalue weighted by molar-refractivity contribution is 5.92. The van der Waals surface area contributed by atoms with Gasteiger partial charge in [-0.25, -0.2) is 0 Å². The molecule has 2 N–H and O–H groups in total. The van der Waals surface area contributed by atoms with Gasteiger partial charge in [0, 0.05) is 31.1 Å². The molecular formula is C15H21N3O4. The molecule has 1 aliphatic heterocycles. The van der Waals surface area contributed by atoms with E-state index in [2.05, 4.69) is 10.2 Å². The highest BCUT2D eigenvalue weighted by Crippen LogP contribution is 2.22. The van der Waals surface area contributed by atoms with Gasteiger partial charge in [0.25, 0.3) is 5.69 Å². The first kappa shape index (κ1) is 16.4. The first-order valence-electron chi connectivity index (χ1n) is 7.41. The molecule has 0 saturated carbocycles. The summed E-state index contributed by atoms with van der Waals surface area (Å²) in [5, 5.41) is 22.8. The number of nitro groups is 1. The van der Waals surface area contributed by atoms with E-state index in [9.17, 15) is 20.0 Å². The highest BCUT2D eigenvalue weighted by Gasteiger charge is 2.23. The lowest BCUT2D eigenvalue weighted by atomic mass is 10.1. The lowest BCUT2D eigenvalue weighted by Gasteiger charge is -2.22. The summed E-state index contributed by atoms with van der Waals surface area (Å²) in [6, 6.07) is 4.56. The normalized spacial score (nSPS) is 18.4. The molecule has 1 aromatic carbocycles. The summed E-state index contributed by atoms with van der Waals surface area (Å²) in [6.45, 7) is 3.40. The molecule has 2 rings (SSSR count). The third-order valence-electron chi connectivity index (χ3n) is 4.04. The number of carbonyl (C=O) groups excluding carboxylic acids is 1. The maximum Gasteiger partial charge on any atom is 0.271 e. The summed E-state index contributed by atoms with van der Waals surface area (Å²) in [5.74, 6) is -0.174. The molecular weight excluding hydrogens is 286 g/mol. The Bertz CT molecular complexity index is 562. The Labute approximate surface area is 129 Å². The van der Waals surface area contributed by atoms with Gasteiger partial charge in [0.15, 0.2) is 0 Å². The number of anilines is 1. The Kier molecular flexibility index (Phi) is 5.46. The Hall–Kier alpha value is -1.99. The van der Waals surface area contributed by atoms with Crippen molar-refractivity contribution in [3.63, 3.8) is 0 Å². The predicted octanol–water partition coefficient (Wildman–Crippen LogP) is 1.69. The van der Waals surface area contributed by atoms with Gasteiger partial charge < -0.3 is 10.4 Å². The second kappa shape index (κ2) is 7.33. The molecule has 120 valence electrons. The number of rotatable bonds is 6. The molecule has 1 atom stereocenters. The van der Waals surface area contributed by atoms with Gasteiger partial charge >= 0.3 is 0 Å². The number of aliphatic hydroxyl groups is 1. The number of amides is 1. The monoisotopic (exact) mass is 307 g/mol. The maximum absolute atomic E-state index is 12.0. The predicted molar refractivity (Wildman–Crippen MR) is 82.8 cm³/mol. The molecule has 7 heteroatoms. The van der Waals surface area contributed by atoms with Crippen LogP contribution in [0.3, 0.4) is 0 Å². The zero-order chi connectivity index (χ0) is 16.1. The molecule has 1 heterocycles. The van der Waals surface area contributed by atoms with Crippen molar-refractivity contribution in [1.29, 1.82) is 0 Å². The first-order chi connectivity index (χ1) is 10.5. The smallest absolute Gasteiger partial charge is 0.271 e. The van der Waals surface area contributed by atoms with Crippen LogP contribution < -0.4 is 5.32 Å². The molecule has 1 unspecified atom stereocenters. The Balaban J connectivity index is 1.92. The minimum Gasteiger partial charge on any atom is -0.395 e. The fourth-order valence-corrected chi connectivity index (χ4v) is 2.71. The minimum absolute atomic E-state index is 0.0409. The van der Waals surface area contributed by atoms with Gasteiger partial charge in [-0.1, -0.05) is 6.07 Å². The van der Waals surface area contributed by atoms with Crippen molar-refractivity contribution in [2.24, 2.45) is 0 Å². The average molecular weight is 307 g/mol. The van der Waals surface area contributed by atoms with Gasteiger partial charge in [0.2, 0.25) is 5.91 Å². The van der Waals surface area contributed by atoms with Crippen LogP contribution in [0.4, 0.5) is 11.4 Å². The lowest BCUT2D eigenvalue weighted by Crippen LogP contribution is -2.34. The van der Waals surface area contributed by atoms with E-state index in [0.29, 0.717) is 18.7 Å². The van der Waals surface area contributed by atoms with Crippen LogP contribution in [0, 0.1) is 17.0 Å². The van der Waals surface area contributed by atoms with Crippen molar-refractivity contribution in [3.8, 4) is 0 Å². The molecule has 1 fully saturated rings. The van der Waals surface area contributed by atoms with E-state index in [1.54, 1.807) is 13.0 Å². The summed E-state index contributed by atoms with van der Waals surface area (Å²) >= 11 is 0. The van der Waals surface area contributed by atoms with Crippen molar-refractivity contribution in [2.75, 3.05) is 25.0 Å². The average Bonchev–Trinajstić information content (AvgIpc) is 2.94. The van der Waals surface area contributed by atoms with Crippen LogP contribution in [0.1, 0.15) is 24.8 Å². The number of carbonyl (C=O) groups is 1. The highest BCUT2D eigenvalue weighted by atomic mass is 16.6. The standard InChI is InChI=1S/C15H21N3O4/c1-11-4-5-12(18(21)22)9-14(11)16-15(20)6-8-17-7-2-3-13(17)10-19/h4-5,9,13,19H,2-3,6-8,10H2,1H3,(H,16,20). The van der Waals surface area contributed by atoms with Crippen LogP contribution in [0.5, 0.6) is 0 Å². The van der Waals surface area contributed by atoms with Crippen LogP contribution in [0.15, 0.2) is 18.2 Å². The Morgan fingerprint density at radius 2 is 2.32 bits per heavy atom. The number of nitrogens with zero attached hydrogens (tertiary/aromatic N) is 2. The Morgan fingerprint density at radius 1 is 1.55 bits per heavy atom. The van der Waals surface area contributed by atoms with Gasteiger partial charge in [0.05, 0.1) is 17.2 Å². The van der Waals surface area contributed by atoms with Crippen LogP contribution in [0.25, 0.3) is 0 Å². The molecule has 1 aromatic rings. The lowest BCUT2D eigenvalue weighted by molar-refractivity contribution is -0.384. The van der Waals surface area contributed by atoms with Crippen LogP contribution in [-0.2, 0) is 4.79 Å².